The molecule has 0 aliphatic carbocycles. The molecular weight excluding hydrogens is 342 g/mol. The highest BCUT2D eigenvalue weighted by Crippen LogP contribution is 2.40. The van der Waals surface area contributed by atoms with Crippen LogP contribution in [0.1, 0.15) is 36.5 Å². The summed E-state index contributed by atoms with van der Waals surface area (Å²) >= 11 is 0. The van der Waals surface area contributed by atoms with Gasteiger partial charge in [0.2, 0.25) is 12.2 Å². The fourth-order valence-electron chi connectivity index (χ4n) is 3.01. The third-order valence-corrected chi connectivity index (χ3v) is 4.23. The number of hydrogen-bond donors (Lipinski definition) is 0. The van der Waals surface area contributed by atoms with E-state index in [4.69, 9.17) is 22.6 Å². The third-order valence-electron chi connectivity index (χ3n) is 4.23. The van der Waals surface area contributed by atoms with Gasteiger partial charge in [-0.1, -0.05) is 19.1 Å². The van der Waals surface area contributed by atoms with Gasteiger partial charge in [-0.3, -0.25) is 0 Å². The van der Waals surface area contributed by atoms with Crippen molar-refractivity contribution >= 4 is 11.7 Å². The Hall–Kier alpha value is -3.25. The monoisotopic (exact) mass is 365 g/mol. The summed E-state index contributed by atoms with van der Waals surface area (Å²) in [7, 11) is 1.79. The van der Waals surface area contributed by atoms with Crippen LogP contribution in [0, 0.1) is 13.1 Å². The van der Waals surface area contributed by atoms with Crippen LogP contribution in [0.3, 0.4) is 0 Å². The van der Waals surface area contributed by atoms with Gasteiger partial charge in [0.1, 0.15) is 11.4 Å². The zero-order chi connectivity index (χ0) is 19.8. The fraction of sp³-hybridized carbons (Fsp3) is 0.381. The molecule has 2 rings (SSSR count). The van der Waals surface area contributed by atoms with E-state index in [0.717, 1.165) is 11.3 Å². The van der Waals surface area contributed by atoms with Crippen molar-refractivity contribution in [1.29, 1.82) is 0 Å². The standard InChI is InChI=1S/C21H23N3O3/c1-6-17-19(23-4)18(20(24(17)5)21(25)26-7-2)15-9-11-16(12-10-15)27-14-8-13-22-3/h9-12H,6-8,13-14H2,1-2,5H3. The highest BCUT2D eigenvalue weighted by molar-refractivity contribution is 6.01. The van der Waals surface area contributed by atoms with Crippen LogP contribution in [0.4, 0.5) is 5.69 Å². The fourth-order valence-corrected chi connectivity index (χ4v) is 3.01. The van der Waals surface area contributed by atoms with Crippen molar-refractivity contribution in [2.45, 2.75) is 26.7 Å². The van der Waals surface area contributed by atoms with E-state index in [1.165, 1.54) is 0 Å². The summed E-state index contributed by atoms with van der Waals surface area (Å²) in [5.41, 5.74) is 3.05. The van der Waals surface area contributed by atoms with Crippen molar-refractivity contribution in [2.75, 3.05) is 19.8 Å². The van der Waals surface area contributed by atoms with Gasteiger partial charge in [-0.05, 0) is 31.0 Å². The quantitative estimate of drug-likeness (QED) is 0.388. The van der Waals surface area contributed by atoms with Gasteiger partial charge in [0, 0.05) is 18.3 Å². The summed E-state index contributed by atoms with van der Waals surface area (Å²) in [6.07, 6.45) is 1.32. The molecule has 0 saturated carbocycles. The second-order valence-electron chi connectivity index (χ2n) is 5.87. The number of ether oxygens (including phenoxy) is 2. The lowest BCUT2D eigenvalue weighted by Gasteiger charge is -2.10. The number of rotatable bonds is 8. The molecule has 6 nitrogen and oxygen atoms in total. The zero-order valence-corrected chi connectivity index (χ0v) is 15.9. The van der Waals surface area contributed by atoms with Crippen LogP contribution in [0.25, 0.3) is 20.8 Å². The van der Waals surface area contributed by atoms with Crippen molar-refractivity contribution in [3.8, 4) is 16.9 Å². The second kappa shape index (κ2) is 9.45. The Morgan fingerprint density at radius 1 is 1.19 bits per heavy atom. The average molecular weight is 365 g/mol. The van der Waals surface area contributed by atoms with Crippen LogP contribution in [-0.4, -0.2) is 30.3 Å². The number of aromatic nitrogens is 1. The Balaban J connectivity index is 2.43. The molecule has 1 aromatic carbocycles. The van der Waals surface area contributed by atoms with Gasteiger partial charge in [0.25, 0.3) is 0 Å². The summed E-state index contributed by atoms with van der Waals surface area (Å²) in [5, 5.41) is 0. The van der Waals surface area contributed by atoms with E-state index in [0.29, 0.717) is 48.7 Å². The van der Waals surface area contributed by atoms with Crippen molar-refractivity contribution in [1.82, 2.24) is 4.57 Å². The largest absolute Gasteiger partial charge is 0.493 e. The summed E-state index contributed by atoms with van der Waals surface area (Å²) in [6, 6.07) is 7.32. The molecule has 27 heavy (non-hydrogen) atoms. The molecule has 0 bridgehead atoms. The molecular formula is C21H23N3O3. The van der Waals surface area contributed by atoms with Gasteiger partial charge in [-0.2, -0.15) is 0 Å². The number of nitrogens with zero attached hydrogens (tertiary/aromatic N) is 3. The molecule has 0 spiro atoms. The van der Waals surface area contributed by atoms with E-state index in [2.05, 4.69) is 9.69 Å². The molecule has 140 valence electrons. The molecule has 0 atom stereocenters. The first-order valence-electron chi connectivity index (χ1n) is 8.91. The van der Waals surface area contributed by atoms with Gasteiger partial charge >= 0.3 is 5.97 Å². The molecule has 2 aromatic rings. The predicted molar refractivity (Wildman–Crippen MR) is 104 cm³/mol. The van der Waals surface area contributed by atoms with Crippen molar-refractivity contribution in [3.05, 3.63) is 58.5 Å². The van der Waals surface area contributed by atoms with E-state index < -0.39 is 5.97 Å². The molecule has 0 aliphatic rings. The summed E-state index contributed by atoms with van der Waals surface area (Å²) < 4.78 is 12.6. The normalized spacial score (nSPS) is 10.1. The van der Waals surface area contributed by atoms with Gasteiger partial charge in [0.15, 0.2) is 0 Å². The molecule has 1 aromatic heterocycles. The molecule has 0 radical (unpaired) electrons. The van der Waals surface area contributed by atoms with Gasteiger partial charge in [-0.25, -0.2) is 16.2 Å². The van der Waals surface area contributed by atoms with E-state index in [1.807, 2.05) is 31.2 Å². The van der Waals surface area contributed by atoms with Crippen molar-refractivity contribution in [2.24, 2.45) is 7.05 Å². The number of esters is 1. The smallest absolute Gasteiger partial charge is 0.354 e. The van der Waals surface area contributed by atoms with E-state index in [-0.39, 0.29) is 6.61 Å². The number of hydrogen-bond acceptors (Lipinski definition) is 3. The van der Waals surface area contributed by atoms with E-state index >= 15 is 0 Å². The maximum absolute atomic E-state index is 12.5. The molecule has 6 heteroatoms. The Morgan fingerprint density at radius 3 is 2.44 bits per heavy atom. The van der Waals surface area contributed by atoms with Crippen LogP contribution < -0.4 is 4.74 Å². The molecule has 0 fully saturated rings. The number of carbonyl (C=O) groups excluding carboxylic acids is 1. The lowest BCUT2D eigenvalue weighted by molar-refractivity contribution is 0.0516. The molecule has 0 aliphatic heterocycles. The van der Waals surface area contributed by atoms with Crippen LogP contribution >= 0.6 is 0 Å². The summed E-state index contributed by atoms with van der Waals surface area (Å²) in [6.45, 7) is 19.3. The first kappa shape index (κ1) is 20.1. The van der Waals surface area contributed by atoms with Gasteiger partial charge in [0.05, 0.1) is 26.2 Å². The van der Waals surface area contributed by atoms with E-state index in [1.54, 1.807) is 18.5 Å². The third kappa shape index (κ3) is 4.30. The summed E-state index contributed by atoms with van der Waals surface area (Å²) in [5.74, 6) is 0.261. The Kier molecular flexibility index (Phi) is 7.02. The summed E-state index contributed by atoms with van der Waals surface area (Å²) in [4.78, 5) is 19.5. The van der Waals surface area contributed by atoms with Crippen molar-refractivity contribution < 1.29 is 14.3 Å². The SMILES string of the molecule is [C-]#[N+]CCCOc1ccc(-c2c([N+]#[C-])c(CC)n(C)c2C(=O)OCC)cc1. The highest BCUT2D eigenvalue weighted by atomic mass is 16.5. The minimum absolute atomic E-state index is 0.273. The topological polar surface area (TPSA) is 49.2 Å². The molecule has 1 heterocycles. The predicted octanol–water partition coefficient (Wildman–Crippen LogP) is 4.67. The molecule has 0 saturated heterocycles. The Bertz CT molecular complexity index is 883. The molecule has 0 amide bonds. The lowest BCUT2D eigenvalue weighted by atomic mass is 10.0. The number of benzene rings is 1. The minimum Gasteiger partial charge on any atom is -0.493 e. The molecule has 0 unspecified atom stereocenters. The Morgan fingerprint density at radius 2 is 1.89 bits per heavy atom. The van der Waals surface area contributed by atoms with Crippen LogP contribution in [0.5, 0.6) is 5.75 Å². The number of carbonyl (C=O) groups is 1. The zero-order valence-electron chi connectivity index (χ0n) is 15.9. The highest BCUT2D eigenvalue weighted by Gasteiger charge is 2.26. The van der Waals surface area contributed by atoms with Crippen LogP contribution in [-0.2, 0) is 18.2 Å². The van der Waals surface area contributed by atoms with Crippen LogP contribution in [0.2, 0.25) is 0 Å². The second-order valence-corrected chi connectivity index (χ2v) is 5.87. The lowest BCUT2D eigenvalue weighted by Crippen LogP contribution is -2.12. The van der Waals surface area contributed by atoms with Crippen LogP contribution in [0.15, 0.2) is 24.3 Å². The molecule has 0 N–H and O–H groups in total. The maximum Gasteiger partial charge on any atom is 0.354 e. The van der Waals surface area contributed by atoms with Gasteiger partial charge < -0.3 is 18.9 Å². The average Bonchev–Trinajstić information content (AvgIpc) is 2.97. The first-order valence-corrected chi connectivity index (χ1v) is 8.91. The van der Waals surface area contributed by atoms with E-state index in [9.17, 15) is 4.79 Å². The maximum atomic E-state index is 12.5. The van der Waals surface area contributed by atoms with Gasteiger partial charge in [-0.15, -0.1) is 0 Å². The minimum atomic E-state index is -0.431. The van der Waals surface area contributed by atoms with Crippen molar-refractivity contribution in [3.63, 3.8) is 0 Å². The first-order chi connectivity index (χ1) is 13.1. The Labute approximate surface area is 160 Å².